The SMILES string of the molecule is CC1(O)CCN(c2c([N+](=O)[O-])cnc3ccccc23)CC1. The van der Waals surface area contributed by atoms with Crippen molar-refractivity contribution in [2.45, 2.75) is 25.4 Å². The minimum absolute atomic E-state index is 0.0234. The Balaban J connectivity index is 2.11. The van der Waals surface area contributed by atoms with Crippen molar-refractivity contribution >= 4 is 22.3 Å². The highest BCUT2D eigenvalue weighted by molar-refractivity contribution is 5.96. The number of para-hydroxylation sites is 1. The fraction of sp³-hybridized carbons (Fsp3) is 0.400. The van der Waals surface area contributed by atoms with E-state index in [1.807, 2.05) is 36.1 Å². The number of rotatable bonds is 2. The molecule has 1 aliphatic heterocycles. The molecule has 6 nitrogen and oxygen atoms in total. The van der Waals surface area contributed by atoms with Gasteiger partial charge in [0.2, 0.25) is 0 Å². The molecule has 110 valence electrons. The van der Waals surface area contributed by atoms with Crippen molar-refractivity contribution in [2.24, 2.45) is 0 Å². The van der Waals surface area contributed by atoms with Crippen LogP contribution in [0.3, 0.4) is 0 Å². The molecule has 2 heterocycles. The molecule has 1 fully saturated rings. The molecule has 3 rings (SSSR count). The third-order valence-electron chi connectivity index (χ3n) is 4.08. The summed E-state index contributed by atoms with van der Waals surface area (Å²) in [6.07, 6.45) is 2.52. The summed E-state index contributed by atoms with van der Waals surface area (Å²) in [6.45, 7) is 3.01. The van der Waals surface area contributed by atoms with Crippen molar-refractivity contribution in [3.63, 3.8) is 0 Å². The number of pyridine rings is 1. The van der Waals surface area contributed by atoms with Crippen molar-refractivity contribution in [1.82, 2.24) is 4.98 Å². The second-order valence-corrected chi connectivity index (χ2v) is 5.75. The van der Waals surface area contributed by atoms with Gasteiger partial charge in [0.1, 0.15) is 11.9 Å². The van der Waals surface area contributed by atoms with E-state index in [-0.39, 0.29) is 10.6 Å². The van der Waals surface area contributed by atoms with Gasteiger partial charge >= 0.3 is 5.69 Å². The summed E-state index contributed by atoms with van der Waals surface area (Å²) in [6, 6.07) is 7.43. The van der Waals surface area contributed by atoms with Crippen LogP contribution in [0.2, 0.25) is 0 Å². The van der Waals surface area contributed by atoms with Crippen LogP contribution in [-0.2, 0) is 0 Å². The van der Waals surface area contributed by atoms with Crippen LogP contribution in [0.25, 0.3) is 10.9 Å². The lowest BCUT2D eigenvalue weighted by Gasteiger charge is -2.37. The summed E-state index contributed by atoms with van der Waals surface area (Å²) in [7, 11) is 0. The monoisotopic (exact) mass is 287 g/mol. The van der Waals surface area contributed by atoms with Gasteiger partial charge in [-0.3, -0.25) is 10.1 Å². The number of fused-ring (bicyclic) bond motifs is 1. The second-order valence-electron chi connectivity index (χ2n) is 5.75. The van der Waals surface area contributed by atoms with E-state index in [0.717, 1.165) is 10.9 Å². The molecule has 1 aromatic heterocycles. The molecule has 0 saturated carbocycles. The van der Waals surface area contributed by atoms with Gasteiger partial charge in [-0.05, 0) is 25.8 Å². The molecule has 6 heteroatoms. The Hall–Kier alpha value is -2.21. The van der Waals surface area contributed by atoms with Crippen molar-refractivity contribution in [3.05, 3.63) is 40.6 Å². The summed E-state index contributed by atoms with van der Waals surface area (Å²) in [4.78, 5) is 17.1. The number of piperidine rings is 1. The Kier molecular flexibility index (Phi) is 3.25. The zero-order valence-electron chi connectivity index (χ0n) is 11.8. The Labute approximate surface area is 122 Å². The van der Waals surface area contributed by atoms with Crippen LogP contribution >= 0.6 is 0 Å². The standard InChI is InChI=1S/C15H17N3O3/c1-15(19)6-8-17(9-7-15)14-11-4-2-3-5-12(11)16-10-13(14)18(20)21/h2-5,10,19H,6-9H2,1H3. The predicted octanol–water partition coefficient (Wildman–Crippen LogP) is 2.49. The third-order valence-corrected chi connectivity index (χ3v) is 4.08. The number of anilines is 1. The maximum atomic E-state index is 11.3. The molecule has 1 aliphatic rings. The van der Waals surface area contributed by atoms with Crippen LogP contribution in [0.15, 0.2) is 30.5 Å². The summed E-state index contributed by atoms with van der Waals surface area (Å²) >= 11 is 0. The van der Waals surface area contributed by atoms with E-state index in [1.54, 1.807) is 0 Å². The van der Waals surface area contributed by atoms with Gasteiger partial charge in [0, 0.05) is 18.5 Å². The van der Waals surface area contributed by atoms with E-state index in [9.17, 15) is 15.2 Å². The molecule has 0 amide bonds. The molecule has 0 atom stereocenters. The summed E-state index contributed by atoms with van der Waals surface area (Å²) in [5.41, 5.74) is 0.695. The smallest absolute Gasteiger partial charge is 0.311 e. The Morgan fingerprint density at radius 2 is 2.00 bits per heavy atom. The van der Waals surface area contributed by atoms with Crippen molar-refractivity contribution in [1.29, 1.82) is 0 Å². The molecule has 0 unspecified atom stereocenters. The Bertz CT molecular complexity index is 690. The molecule has 21 heavy (non-hydrogen) atoms. The first-order valence-corrected chi connectivity index (χ1v) is 6.97. The summed E-state index contributed by atoms with van der Waals surface area (Å²) in [5.74, 6) is 0. The number of nitro groups is 1. The van der Waals surface area contributed by atoms with Crippen molar-refractivity contribution in [2.75, 3.05) is 18.0 Å². The Morgan fingerprint density at radius 1 is 1.33 bits per heavy atom. The maximum absolute atomic E-state index is 11.3. The largest absolute Gasteiger partial charge is 0.390 e. The van der Waals surface area contributed by atoms with Gasteiger partial charge in [0.05, 0.1) is 16.0 Å². The van der Waals surface area contributed by atoms with Crippen LogP contribution in [0.1, 0.15) is 19.8 Å². The molecule has 1 N–H and O–H groups in total. The van der Waals surface area contributed by atoms with Crippen LogP contribution in [0, 0.1) is 10.1 Å². The third kappa shape index (κ3) is 2.54. The average molecular weight is 287 g/mol. The van der Waals surface area contributed by atoms with Gasteiger partial charge in [0.15, 0.2) is 0 Å². The van der Waals surface area contributed by atoms with Crippen molar-refractivity contribution < 1.29 is 10.0 Å². The molecule has 1 aromatic carbocycles. The zero-order chi connectivity index (χ0) is 15.0. The number of benzene rings is 1. The molecule has 0 spiro atoms. The molecule has 0 aliphatic carbocycles. The lowest BCUT2D eigenvalue weighted by Crippen LogP contribution is -2.42. The fourth-order valence-corrected chi connectivity index (χ4v) is 2.79. The van der Waals surface area contributed by atoms with Crippen molar-refractivity contribution in [3.8, 4) is 0 Å². The first-order chi connectivity index (χ1) is 9.98. The van der Waals surface area contributed by atoms with Gasteiger partial charge in [-0.25, -0.2) is 4.98 Å². The van der Waals surface area contributed by atoms with E-state index >= 15 is 0 Å². The van der Waals surface area contributed by atoms with E-state index < -0.39 is 5.60 Å². The van der Waals surface area contributed by atoms with Crippen LogP contribution in [0.5, 0.6) is 0 Å². The normalized spacial score (nSPS) is 17.9. The first-order valence-electron chi connectivity index (χ1n) is 6.97. The van der Waals surface area contributed by atoms with Gasteiger partial charge in [-0.2, -0.15) is 0 Å². The minimum Gasteiger partial charge on any atom is -0.390 e. The van der Waals surface area contributed by atoms with E-state index in [2.05, 4.69) is 4.98 Å². The first kappa shape index (κ1) is 13.8. The van der Waals surface area contributed by atoms with Crippen LogP contribution in [0.4, 0.5) is 11.4 Å². The highest BCUT2D eigenvalue weighted by Gasteiger charge is 2.31. The maximum Gasteiger partial charge on any atom is 0.311 e. The number of hydrogen-bond acceptors (Lipinski definition) is 5. The summed E-state index contributed by atoms with van der Waals surface area (Å²) < 4.78 is 0. The van der Waals surface area contributed by atoms with E-state index in [1.165, 1.54) is 6.20 Å². The number of nitrogens with zero attached hydrogens (tertiary/aromatic N) is 3. The Morgan fingerprint density at radius 3 is 2.67 bits per heavy atom. The van der Waals surface area contributed by atoms with Gasteiger partial charge in [0.25, 0.3) is 0 Å². The lowest BCUT2D eigenvalue weighted by molar-refractivity contribution is -0.384. The number of aliphatic hydroxyl groups is 1. The van der Waals surface area contributed by atoms with Crippen LogP contribution < -0.4 is 4.90 Å². The van der Waals surface area contributed by atoms with E-state index in [0.29, 0.717) is 31.6 Å². The van der Waals surface area contributed by atoms with E-state index in [4.69, 9.17) is 0 Å². The number of aromatic nitrogens is 1. The van der Waals surface area contributed by atoms with Gasteiger partial charge in [-0.1, -0.05) is 18.2 Å². The minimum atomic E-state index is -0.686. The molecule has 0 bridgehead atoms. The molecular weight excluding hydrogens is 270 g/mol. The predicted molar refractivity (Wildman–Crippen MR) is 80.5 cm³/mol. The highest BCUT2D eigenvalue weighted by atomic mass is 16.6. The molecule has 1 saturated heterocycles. The average Bonchev–Trinajstić information content (AvgIpc) is 2.46. The lowest BCUT2D eigenvalue weighted by atomic mass is 9.93. The van der Waals surface area contributed by atoms with Gasteiger partial charge < -0.3 is 10.0 Å². The number of hydrogen-bond donors (Lipinski definition) is 1. The molecule has 0 radical (unpaired) electrons. The quantitative estimate of drug-likeness (QED) is 0.678. The van der Waals surface area contributed by atoms with Gasteiger partial charge in [-0.15, -0.1) is 0 Å². The summed E-state index contributed by atoms with van der Waals surface area (Å²) in [5, 5.41) is 22.2. The fourth-order valence-electron chi connectivity index (χ4n) is 2.79. The van der Waals surface area contributed by atoms with Crippen LogP contribution in [-0.4, -0.2) is 33.7 Å². The zero-order valence-corrected chi connectivity index (χ0v) is 11.8. The highest BCUT2D eigenvalue weighted by Crippen LogP contribution is 2.37. The topological polar surface area (TPSA) is 79.5 Å². The molecular formula is C15H17N3O3. The second kappa shape index (κ2) is 4.96. The molecule has 2 aromatic rings.